The highest BCUT2D eigenvalue weighted by atomic mass is 16.6. The fraction of sp³-hybridized carbons (Fsp3) is 0.300. The first-order valence-corrected chi connectivity index (χ1v) is 3.94. The van der Waals surface area contributed by atoms with Gasteiger partial charge in [-0.3, -0.25) is 4.79 Å². The summed E-state index contributed by atoms with van der Waals surface area (Å²) in [6.45, 7) is 2.83. The SMILES string of the molecule is CC1(c2ccc(C=O)cc2)CO1. The molecule has 1 saturated heterocycles. The normalized spacial score (nSPS) is 26.8. The van der Waals surface area contributed by atoms with E-state index in [9.17, 15) is 4.79 Å². The van der Waals surface area contributed by atoms with Crippen molar-refractivity contribution in [2.75, 3.05) is 6.61 Å². The molecule has 1 aliphatic rings. The average Bonchev–Trinajstić information content (AvgIpc) is 2.85. The van der Waals surface area contributed by atoms with E-state index in [-0.39, 0.29) is 5.60 Å². The van der Waals surface area contributed by atoms with E-state index in [0.29, 0.717) is 5.56 Å². The van der Waals surface area contributed by atoms with Crippen LogP contribution in [0.15, 0.2) is 24.3 Å². The minimum Gasteiger partial charge on any atom is -0.365 e. The van der Waals surface area contributed by atoms with Crippen LogP contribution < -0.4 is 0 Å². The number of rotatable bonds is 2. The zero-order valence-electron chi connectivity index (χ0n) is 6.91. The predicted octanol–water partition coefficient (Wildman–Crippen LogP) is 1.74. The number of carbonyl (C=O) groups is 1. The van der Waals surface area contributed by atoms with Crippen molar-refractivity contribution in [3.63, 3.8) is 0 Å². The third-order valence-electron chi connectivity index (χ3n) is 2.23. The molecule has 1 aromatic rings. The summed E-state index contributed by atoms with van der Waals surface area (Å²) in [5.41, 5.74) is 1.78. The van der Waals surface area contributed by atoms with Crippen LogP contribution in [0.4, 0.5) is 0 Å². The van der Waals surface area contributed by atoms with Crippen molar-refractivity contribution in [3.05, 3.63) is 35.4 Å². The van der Waals surface area contributed by atoms with Gasteiger partial charge in [0, 0.05) is 5.56 Å². The highest BCUT2D eigenvalue weighted by Gasteiger charge is 2.40. The van der Waals surface area contributed by atoms with Gasteiger partial charge in [-0.25, -0.2) is 0 Å². The van der Waals surface area contributed by atoms with Crippen LogP contribution >= 0.6 is 0 Å². The highest BCUT2D eigenvalue weighted by Crippen LogP contribution is 2.37. The molecule has 2 nitrogen and oxygen atoms in total. The monoisotopic (exact) mass is 162 g/mol. The quantitative estimate of drug-likeness (QED) is 0.489. The molecule has 1 aromatic carbocycles. The molecule has 1 atom stereocenters. The van der Waals surface area contributed by atoms with Gasteiger partial charge >= 0.3 is 0 Å². The standard InChI is InChI=1S/C10H10O2/c1-10(7-12-10)9-4-2-8(6-11)3-5-9/h2-6H,7H2,1H3. The second-order valence-corrected chi connectivity index (χ2v) is 3.26. The van der Waals surface area contributed by atoms with Crippen molar-refractivity contribution in [1.82, 2.24) is 0 Å². The smallest absolute Gasteiger partial charge is 0.150 e. The van der Waals surface area contributed by atoms with Crippen molar-refractivity contribution in [1.29, 1.82) is 0 Å². The first kappa shape index (κ1) is 7.50. The predicted molar refractivity (Wildman–Crippen MR) is 45.1 cm³/mol. The van der Waals surface area contributed by atoms with Crippen molar-refractivity contribution in [2.45, 2.75) is 12.5 Å². The number of aldehydes is 1. The average molecular weight is 162 g/mol. The fourth-order valence-electron chi connectivity index (χ4n) is 1.19. The van der Waals surface area contributed by atoms with Gasteiger partial charge in [-0.1, -0.05) is 24.3 Å². The number of carbonyl (C=O) groups excluding carboxylic acids is 1. The van der Waals surface area contributed by atoms with Crippen LogP contribution in [0, 0.1) is 0 Å². The second-order valence-electron chi connectivity index (χ2n) is 3.26. The number of epoxide rings is 1. The first-order valence-electron chi connectivity index (χ1n) is 3.94. The zero-order valence-corrected chi connectivity index (χ0v) is 6.91. The summed E-state index contributed by atoms with van der Waals surface area (Å²) in [7, 11) is 0. The van der Waals surface area contributed by atoms with Gasteiger partial charge < -0.3 is 4.74 Å². The van der Waals surface area contributed by atoms with Crippen LogP contribution in [-0.2, 0) is 10.3 Å². The molecule has 12 heavy (non-hydrogen) atoms. The molecule has 1 fully saturated rings. The number of hydrogen-bond donors (Lipinski definition) is 0. The van der Waals surface area contributed by atoms with Gasteiger partial charge in [-0.05, 0) is 12.5 Å². The van der Waals surface area contributed by atoms with Gasteiger partial charge in [-0.15, -0.1) is 0 Å². The van der Waals surface area contributed by atoms with Crippen LogP contribution in [-0.4, -0.2) is 12.9 Å². The molecule has 1 heterocycles. The maximum atomic E-state index is 10.4. The molecule has 62 valence electrons. The van der Waals surface area contributed by atoms with E-state index in [1.807, 2.05) is 31.2 Å². The third-order valence-corrected chi connectivity index (χ3v) is 2.23. The van der Waals surface area contributed by atoms with Crippen molar-refractivity contribution in [2.24, 2.45) is 0 Å². The molecule has 0 spiro atoms. The lowest BCUT2D eigenvalue weighted by Crippen LogP contribution is -2.01. The van der Waals surface area contributed by atoms with Crippen molar-refractivity contribution in [3.8, 4) is 0 Å². The Morgan fingerprint density at radius 1 is 1.42 bits per heavy atom. The Kier molecular flexibility index (Phi) is 1.51. The molecule has 2 rings (SSSR count). The Morgan fingerprint density at radius 2 is 2.00 bits per heavy atom. The Hall–Kier alpha value is -1.15. The number of ether oxygens (including phenoxy) is 1. The van der Waals surface area contributed by atoms with E-state index in [1.54, 1.807) is 0 Å². The van der Waals surface area contributed by atoms with Crippen LogP contribution in [0.3, 0.4) is 0 Å². The van der Waals surface area contributed by atoms with Crippen LogP contribution in [0.1, 0.15) is 22.8 Å². The van der Waals surface area contributed by atoms with Gasteiger partial charge in [0.2, 0.25) is 0 Å². The summed E-state index contributed by atoms with van der Waals surface area (Å²) in [6, 6.07) is 7.51. The molecule has 0 N–H and O–H groups in total. The van der Waals surface area contributed by atoms with Gasteiger partial charge in [0.05, 0.1) is 6.61 Å². The van der Waals surface area contributed by atoms with Gasteiger partial charge in [0.1, 0.15) is 11.9 Å². The third kappa shape index (κ3) is 1.14. The molecular formula is C10H10O2. The zero-order chi connectivity index (χ0) is 8.60. The molecule has 2 heteroatoms. The maximum absolute atomic E-state index is 10.4. The lowest BCUT2D eigenvalue weighted by atomic mass is 10.0. The molecular weight excluding hydrogens is 152 g/mol. The molecule has 1 aliphatic heterocycles. The van der Waals surface area contributed by atoms with E-state index in [4.69, 9.17) is 4.74 Å². The Labute approximate surface area is 71.2 Å². The first-order chi connectivity index (χ1) is 5.74. The van der Waals surface area contributed by atoms with Crippen molar-refractivity contribution >= 4 is 6.29 Å². The van der Waals surface area contributed by atoms with Crippen LogP contribution in [0.2, 0.25) is 0 Å². The summed E-state index contributed by atoms with van der Waals surface area (Å²) >= 11 is 0. The van der Waals surface area contributed by atoms with Gasteiger partial charge in [0.15, 0.2) is 0 Å². The van der Waals surface area contributed by atoms with Crippen LogP contribution in [0.25, 0.3) is 0 Å². The van der Waals surface area contributed by atoms with E-state index in [0.717, 1.165) is 18.5 Å². The maximum Gasteiger partial charge on any atom is 0.150 e. The largest absolute Gasteiger partial charge is 0.365 e. The molecule has 0 radical (unpaired) electrons. The van der Waals surface area contributed by atoms with E-state index >= 15 is 0 Å². The minimum atomic E-state index is -0.0819. The molecule has 1 unspecified atom stereocenters. The molecule has 0 aromatic heterocycles. The van der Waals surface area contributed by atoms with E-state index in [1.165, 1.54) is 0 Å². The Morgan fingerprint density at radius 3 is 2.42 bits per heavy atom. The second kappa shape index (κ2) is 2.42. The summed E-state index contributed by atoms with van der Waals surface area (Å²) in [6.07, 6.45) is 0.847. The summed E-state index contributed by atoms with van der Waals surface area (Å²) in [5.74, 6) is 0. The van der Waals surface area contributed by atoms with Gasteiger partial charge in [0.25, 0.3) is 0 Å². The molecule has 0 amide bonds. The molecule has 0 bridgehead atoms. The summed E-state index contributed by atoms with van der Waals surface area (Å²) < 4.78 is 5.27. The number of hydrogen-bond acceptors (Lipinski definition) is 2. The van der Waals surface area contributed by atoms with Crippen molar-refractivity contribution < 1.29 is 9.53 Å². The molecule has 0 saturated carbocycles. The Balaban J connectivity index is 2.30. The summed E-state index contributed by atoms with van der Waals surface area (Å²) in [5, 5.41) is 0. The van der Waals surface area contributed by atoms with Gasteiger partial charge in [-0.2, -0.15) is 0 Å². The van der Waals surface area contributed by atoms with Crippen LogP contribution in [0.5, 0.6) is 0 Å². The lowest BCUT2D eigenvalue weighted by Gasteiger charge is -2.03. The number of benzene rings is 1. The topological polar surface area (TPSA) is 29.6 Å². The minimum absolute atomic E-state index is 0.0819. The lowest BCUT2D eigenvalue weighted by molar-refractivity contribution is 0.112. The Bertz CT molecular complexity index is 296. The van der Waals surface area contributed by atoms with E-state index < -0.39 is 0 Å². The molecule has 0 aliphatic carbocycles. The highest BCUT2D eigenvalue weighted by molar-refractivity contribution is 5.74. The fourth-order valence-corrected chi connectivity index (χ4v) is 1.19. The summed E-state index contributed by atoms with van der Waals surface area (Å²) in [4.78, 5) is 10.4. The van der Waals surface area contributed by atoms with E-state index in [2.05, 4.69) is 0 Å².